The molecule has 122 valence electrons. The molecule has 0 fully saturated rings. The van der Waals surface area contributed by atoms with Gasteiger partial charge in [-0.1, -0.05) is 49.0 Å². The van der Waals surface area contributed by atoms with Gasteiger partial charge in [-0.2, -0.15) is 0 Å². The SMILES string of the molecule is C=CC(=O)Nc1ccc(C[N+](C)(C)Cc2ccccc2)cc1.[Cl-]. The minimum Gasteiger partial charge on any atom is -1.00 e. The van der Waals surface area contributed by atoms with E-state index in [2.05, 4.69) is 62.4 Å². The number of hydrogen-bond donors (Lipinski definition) is 1. The first-order valence-corrected chi connectivity index (χ1v) is 7.37. The smallest absolute Gasteiger partial charge is 0.247 e. The molecule has 2 aromatic carbocycles. The molecule has 4 heteroatoms. The molecule has 0 unspecified atom stereocenters. The van der Waals surface area contributed by atoms with Gasteiger partial charge in [0.05, 0.1) is 14.1 Å². The molecule has 0 bridgehead atoms. The summed E-state index contributed by atoms with van der Waals surface area (Å²) in [7, 11) is 4.45. The van der Waals surface area contributed by atoms with Crippen LogP contribution in [0.15, 0.2) is 67.3 Å². The van der Waals surface area contributed by atoms with E-state index >= 15 is 0 Å². The van der Waals surface area contributed by atoms with Crippen molar-refractivity contribution in [1.82, 2.24) is 0 Å². The van der Waals surface area contributed by atoms with Crippen molar-refractivity contribution in [3.8, 4) is 0 Å². The first-order valence-electron chi connectivity index (χ1n) is 7.37. The van der Waals surface area contributed by atoms with Crippen molar-refractivity contribution < 1.29 is 21.7 Å². The number of halogens is 1. The zero-order valence-corrected chi connectivity index (χ0v) is 14.4. The molecule has 0 aliphatic carbocycles. The number of nitrogens with zero attached hydrogens (tertiary/aromatic N) is 1. The number of amides is 1. The molecule has 3 nitrogen and oxygen atoms in total. The maximum atomic E-state index is 11.3. The molecular weight excluding hydrogens is 308 g/mol. The lowest BCUT2D eigenvalue weighted by Crippen LogP contribution is -3.00. The van der Waals surface area contributed by atoms with Crippen LogP contribution in [-0.2, 0) is 17.9 Å². The Morgan fingerprint density at radius 2 is 1.52 bits per heavy atom. The van der Waals surface area contributed by atoms with Gasteiger partial charge in [0.25, 0.3) is 0 Å². The Labute approximate surface area is 144 Å². The van der Waals surface area contributed by atoms with Gasteiger partial charge in [0.1, 0.15) is 13.1 Å². The molecule has 0 aliphatic heterocycles. The highest BCUT2D eigenvalue weighted by Gasteiger charge is 2.16. The minimum absolute atomic E-state index is 0. The zero-order valence-electron chi connectivity index (χ0n) is 13.6. The van der Waals surface area contributed by atoms with Crippen molar-refractivity contribution in [2.75, 3.05) is 19.4 Å². The number of quaternary nitrogens is 1. The van der Waals surface area contributed by atoms with Crippen LogP contribution in [0.5, 0.6) is 0 Å². The quantitative estimate of drug-likeness (QED) is 0.610. The lowest BCUT2D eigenvalue weighted by atomic mass is 10.1. The highest BCUT2D eigenvalue weighted by Crippen LogP contribution is 2.16. The van der Waals surface area contributed by atoms with E-state index in [4.69, 9.17) is 0 Å². The summed E-state index contributed by atoms with van der Waals surface area (Å²) < 4.78 is 0.877. The highest BCUT2D eigenvalue weighted by molar-refractivity contribution is 5.98. The summed E-state index contributed by atoms with van der Waals surface area (Å²) in [4.78, 5) is 11.3. The van der Waals surface area contributed by atoms with Crippen LogP contribution in [0.1, 0.15) is 11.1 Å². The number of carbonyl (C=O) groups excluding carboxylic acids is 1. The van der Waals surface area contributed by atoms with Gasteiger partial charge in [-0.25, -0.2) is 0 Å². The molecule has 1 amide bonds. The summed E-state index contributed by atoms with van der Waals surface area (Å²) in [6.45, 7) is 5.37. The molecule has 0 atom stereocenters. The van der Waals surface area contributed by atoms with Gasteiger partial charge in [-0.15, -0.1) is 0 Å². The van der Waals surface area contributed by atoms with Crippen molar-refractivity contribution in [3.05, 3.63) is 78.4 Å². The van der Waals surface area contributed by atoms with Gasteiger partial charge in [-0.05, 0) is 18.2 Å². The predicted octanol–water partition coefficient (Wildman–Crippen LogP) is 0.592. The summed E-state index contributed by atoms with van der Waals surface area (Å²) in [5.74, 6) is -0.187. The van der Waals surface area contributed by atoms with Crippen molar-refractivity contribution in [3.63, 3.8) is 0 Å². The lowest BCUT2D eigenvalue weighted by molar-refractivity contribution is -0.916. The van der Waals surface area contributed by atoms with Crippen molar-refractivity contribution >= 4 is 11.6 Å². The number of carbonyl (C=O) groups is 1. The van der Waals surface area contributed by atoms with Crippen LogP contribution in [0.25, 0.3) is 0 Å². The van der Waals surface area contributed by atoms with Crippen LogP contribution in [0.2, 0.25) is 0 Å². The van der Waals surface area contributed by atoms with E-state index < -0.39 is 0 Å². The molecule has 0 saturated heterocycles. The maximum absolute atomic E-state index is 11.3. The largest absolute Gasteiger partial charge is 1.00 e. The average Bonchev–Trinajstić information content (AvgIpc) is 2.49. The Hall–Kier alpha value is -2.10. The van der Waals surface area contributed by atoms with Gasteiger partial charge in [-0.3, -0.25) is 4.79 Å². The first-order chi connectivity index (χ1) is 10.5. The molecule has 0 saturated carbocycles. The van der Waals surface area contributed by atoms with Crippen LogP contribution >= 0.6 is 0 Å². The summed E-state index contributed by atoms with van der Waals surface area (Å²) in [6.07, 6.45) is 1.27. The Morgan fingerprint density at radius 3 is 2.04 bits per heavy atom. The normalized spacial score (nSPS) is 10.5. The van der Waals surface area contributed by atoms with E-state index in [-0.39, 0.29) is 18.3 Å². The van der Waals surface area contributed by atoms with Gasteiger partial charge < -0.3 is 22.2 Å². The monoisotopic (exact) mass is 330 g/mol. The number of rotatable bonds is 6. The van der Waals surface area contributed by atoms with Crippen LogP contribution < -0.4 is 17.7 Å². The summed E-state index contributed by atoms with van der Waals surface area (Å²) in [5, 5.41) is 2.76. The first kappa shape index (κ1) is 18.9. The Kier molecular flexibility index (Phi) is 7.01. The van der Waals surface area contributed by atoms with Crippen LogP contribution in [0.4, 0.5) is 5.69 Å². The minimum atomic E-state index is -0.187. The maximum Gasteiger partial charge on any atom is 0.247 e. The fourth-order valence-corrected chi connectivity index (χ4v) is 2.51. The molecule has 0 spiro atoms. The average molecular weight is 331 g/mol. The summed E-state index contributed by atoms with van der Waals surface area (Å²) in [5.41, 5.74) is 3.38. The van der Waals surface area contributed by atoms with E-state index in [0.29, 0.717) is 0 Å². The van der Waals surface area contributed by atoms with Crippen LogP contribution in [0, 0.1) is 0 Å². The lowest BCUT2D eigenvalue weighted by Gasteiger charge is -2.30. The molecule has 0 radical (unpaired) electrons. The van der Waals surface area contributed by atoms with Crippen molar-refractivity contribution in [2.45, 2.75) is 13.1 Å². The molecule has 2 rings (SSSR count). The second-order valence-electron chi connectivity index (χ2n) is 6.13. The van der Waals surface area contributed by atoms with E-state index in [1.165, 1.54) is 17.2 Å². The Bertz CT molecular complexity index is 636. The van der Waals surface area contributed by atoms with E-state index in [9.17, 15) is 4.79 Å². The zero-order chi connectivity index (χ0) is 16.0. The fraction of sp³-hybridized carbons (Fsp3) is 0.211. The number of anilines is 1. The highest BCUT2D eigenvalue weighted by atomic mass is 35.5. The number of hydrogen-bond acceptors (Lipinski definition) is 1. The van der Waals surface area contributed by atoms with Gasteiger partial charge >= 0.3 is 0 Å². The topological polar surface area (TPSA) is 29.1 Å². The van der Waals surface area contributed by atoms with E-state index in [0.717, 1.165) is 23.3 Å². The predicted molar refractivity (Wildman–Crippen MR) is 91.2 cm³/mol. The summed E-state index contributed by atoms with van der Waals surface area (Å²) >= 11 is 0. The third-order valence-electron chi connectivity index (χ3n) is 3.47. The van der Waals surface area contributed by atoms with E-state index in [1.54, 1.807) is 0 Å². The second kappa shape index (κ2) is 8.51. The molecule has 23 heavy (non-hydrogen) atoms. The standard InChI is InChI=1S/C19H22N2O.ClH/c1-4-19(22)20-18-12-10-17(11-13-18)15-21(2,3)14-16-8-6-5-7-9-16;/h4-13H,1,14-15H2,2-3H3;1H. The Morgan fingerprint density at radius 1 is 1.00 bits per heavy atom. The molecule has 0 aliphatic rings. The van der Waals surface area contributed by atoms with Crippen LogP contribution in [0.3, 0.4) is 0 Å². The third-order valence-corrected chi connectivity index (χ3v) is 3.47. The van der Waals surface area contributed by atoms with E-state index in [1.807, 2.05) is 18.2 Å². The summed E-state index contributed by atoms with van der Waals surface area (Å²) in [6, 6.07) is 18.5. The van der Waals surface area contributed by atoms with Crippen LogP contribution in [-0.4, -0.2) is 24.5 Å². The van der Waals surface area contributed by atoms with Crippen molar-refractivity contribution in [2.24, 2.45) is 0 Å². The molecular formula is C19H23ClN2O. The second-order valence-corrected chi connectivity index (χ2v) is 6.13. The van der Waals surface area contributed by atoms with Gasteiger partial charge in [0.15, 0.2) is 0 Å². The number of nitrogens with one attached hydrogen (secondary N) is 1. The molecule has 0 aromatic heterocycles. The Balaban J connectivity index is 0.00000264. The van der Waals surface area contributed by atoms with Gasteiger partial charge in [0.2, 0.25) is 5.91 Å². The molecule has 0 heterocycles. The molecule has 1 N–H and O–H groups in total. The molecule has 2 aromatic rings. The third kappa shape index (κ3) is 6.27. The van der Waals surface area contributed by atoms with Crippen molar-refractivity contribution in [1.29, 1.82) is 0 Å². The fourth-order valence-electron chi connectivity index (χ4n) is 2.51. The number of benzene rings is 2. The van der Waals surface area contributed by atoms with Gasteiger partial charge in [0, 0.05) is 16.8 Å².